The average molecular weight is 313 g/mol. The van der Waals surface area contributed by atoms with Gasteiger partial charge in [0.25, 0.3) is 0 Å². The standard InChI is InChI=1S/C12H13BrN2OS/c13-10-2-1-9-8-14-15(12(9)7-10)11-3-5-17(16)6-4-11/h1-2,7-8,11H,3-6H2. The maximum atomic E-state index is 11.4. The molecule has 0 radical (unpaired) electrons. The lowest BCUT2D eigenvalue weighted by molar-refractivity contribution is 0.434. The second-order valence-corrected chi connectivity index (χ2v) is 6.98. The van der Waals surface area contributed by atoms with Gasteiger partial charge in [-0.2, -0.15) is 5.10 Å². The van der Waals surface area contributed by atoms with Crippen molar-refractivity contribution in [3.63, 3.8) is 0 Å². The second kappa shape index (κ2) is 4.53. The van der Waals surface area contributed by atoms with Gasteiger partial charge in [0, 0.05) is 32.2 Å². The number of hydrogen-bond donors (Lipinski definition) is 0. The SMILES string of the molecule is O=S1CCC(n2ncc3ccc(Br)cc32)CC1. The molecule has 1 aromatic carbocycles. The molecule has 0 N–H and O–H groups in total. The maximum Gasteiger partial charge on any atom is 0.0696 e. The Morgan fingerprint density at radius 3 is 2.88 bits per heavy atom. The summed E-state index contributed by atoms with van der Waals surface area (Å²) < 4.78 is 14.5. The molecule has 0 unspecified atom stereocenters. The van der Waals surface area contributed by atoms with Gasteiger partial charge in [-0.25, -0.2) is 0 Å². The normalized spacial score (nSPS) is 25.2. The van der Waals surface area contributed by atoms with Crippen LogP contribution in [0.1, 0.15) is 18.9 Å². The summed E-state index contributed by atoms with van der Waals surface area (Å²) in [6, 6.07) is 6.61. The number of benzene rings is 1. The summed E-state index contributed by atoms with van der Waals surface area (Å²) in [6.07, 6.45) is 3.85. The van der Waals surface area contributed by atoms with E-state index in [1.165, 1.54) is 5.39 Å². The van der Waals surface area contributed by atoms with Crippen LogP contribution >= 0.6 is 15.9 Å². The number of fused-ring (bicyclic) bond motifs is 1. The molecule has 0 bridgehead atoms. The summed E-state index contributed by atoms with van der Waals surface area (Å²) in [5, 5.41) is 5.65. The fourth-order valence-corrected chi connectivity index (χ4v) is 3.95. The van der Waals surface area contributed by atoms with Crippen LogP contribution in [0.2, 0.25) is 0 Å². The van der Waals surface area contributed by atoms with E-state index in [2.05, 4.69) is 37.8 Å². The first-order valence-corrected chi connectivity index (χ1v) is 8.00. The van der Waals surface area contributed by atoms with E-state index < -0.39 is 10.8 Å². The molecule has 0 saturated carbocycles. The van der Waals surface area contributed by atoms with Crippen LogP contribution in [0.25, 0.3) is 10.9 Å². The zero-order valence-corrected chi connectivity index (χ0v) is 11.7. The Bertz CT molecular complexity index is 571. The van der Waals surface area contributed by atoms with Gasteiger partial charge in [0.1, 0.15) is 0 Å². The first-order chi connectivity index (χ1) is 8.24. The third kappa shape index (κ3) is 2.18. The lowest BCUT2D eigenvalue weighted by Crippen LogP contribution is -2.22. The molecule has 3 nitrogen and oxygen atoms in total. The predicted molar refractivity (Wildman–Crippen MR) is 73.6 cm³/mol. The van der Waals surface area contributed by atoms with E-state index in [4.69, 9.17) is 0 Å². The maximum absolute atomic E-state index is 11.4. The van der Waals surface area contributed by atoms with Crippen LogP contribution in [-0.4, -0.2) is 25.5 Å². The largest absolute Gasteiger partial charge is 0.262 e. The Morgan fingerprint density at radius 1 is 1.35 bits per heavy atom. The molecule has 0 amide bonds. The van der Waals surface area contributed by atoms with Crippen molar-refractivity contribution in [2.75, 3.05) is 11.5 Å². The average Bonchev–Trinajstić information content (AvgIpc) is 2.73. The minimum Gasteiger partial charge on any atom is -0.262 e. The van der Waals surface area contributed by atoms with Crippen molar-refractivity contribution in [1.82, 2.24) is 9.78 Å². The highest BCUT2D eigenvalue weighted by Crippen LogP contribution is 2.27. The monoisotopic (exact) mass is 312 g/mol. The molecule has 1 saturated heterocycles. The highest BCUT2D eigenvalue weighted by atomic mass is 79.9. The Morgan fingerprint density at radius 2 is 2.12 bits per heavy atom. The molecule has 1 fully saturated rings. The van der Waals surface area contributed by atoms with Gasteiger partial charge < -0.3 is 0 Å². The van der Waals surface area contributed by atoms with Gasteiger partial charge in [0.15, 0.2) is 0 Å². The van der Waals surface area contributed by atoms with E-state index in [1.54, 1.807) is 0 Å². The van der Waals surface area contributed by atoms with Crippen molar-refractivity contribution in [3.8, 4) is 0 Å². The Kier molecular flexibility index (Phi) is 3.04. The molecular weight excluding hydrogens is 300 g/mol. The third-order valence-electron chi connectivity index (χ3n) is 3.26. The number of hydrogen-bond acceptors (Lipinski definition) is 2. The summed E-state index contributed by atoms with van der Waals surface area (Å²) in [7, 11) is -0.611. The molecule has 1 aliphatic heterocycles. The topological polar surface area (TPSA) is 34.9 Å². The second-order valence-electron chi connectivity index (χ2n) is 4.37. The highest BCUT2D eigenvalue weighted by Gasteiger charge is 2.21. The molecule has 17 heavy (non-hydrogen) atoms. The van der Waals surface area contributed by atoms with Crippen LogP contribution in [-0.2, 0) is 10.8 Å². The number of rotatable bonds is 1. The van der Waals surface area contributed by atoms with E-state index in [1.807, 2.05) is 12.3 Å². The van der Waals surface area contributed by atoms with E-state index >= 15 is 0 Å². The minimum atomic E-state index is -0.611. The van der Waals surface area contributed by atoms with E-state index in [9.17, 15) is 4.21 Å². The lowest BCUT2D eigenvalue weighted by atomic mass is 10.1. The molecule has 0 atom stereocenters. The number of nitrogens with zero attached hydrogens (tertiary/aromatic N) is 2. The van der Waals surface area contributed by atoms with Gasteiger partial charge in [-0.1, -0.05) is 22.0 Å². The van der Waals surface area contributed by atoms with Gasteiger partial charge in [-0.15, -0.1) is 0 Å². The van der Waals surface area contributed by atoms with Gasteiger partial charge in [0.05, 0.1) is 17.8 Å². The van der Waals surface area contributed by atoms with Crippen LogP contribution in [0.5, 0.6) is 0 Å². The summed E-state index contributed by atoms with van der Waals surface area (Å²) >= 11 is 3.50. The van der Waals surface area contributed by atoms with Gasteiger partial charge >= 0.3 is 0 Å². The first kappa shape index (κ1) is 11.4. The van der Waals surface area contributed by atoms with Crippen molar-refractivity contribution in [1.29, 1.82) is 0 Å². The first-order valence-electron chi connectivity index (χ1n) is 5.72. The third-order valence-corrected chi connectivity index (χ3v) is 5.14. The number of halogens is 1. The Hall–Kier alpha value is -0.680. The van der Waals surface area contributed by atoms with E-state index in [0.29, 0.717) is 6.04 Å². The smallest absolute Gasteiger partial charge is 0.0696 e. The number of aromatic nitrogens is 2. The van der Waals surface area contributed by atoms with Gasteiger partial charge in [-0.05, 0) is 25.0 Å². The molecule has 2 heterocycles. The summed E-state index contributed by atoms with van der Waals surface area (Å²) in [6.45, 7) is 0. The van der Waals surface area contributed by atoms with Crippen LogP contribution in [0.15, 0.2) is 28.9 Å². The van der Waals surface area contributed by atoms with Gasteiger partial charge in [0.2, 0.25) is 0 Å². The molecule has 5 heteroatoms. The van der Waals surface area contributed by atoms with Crippen LogP contribution in [0.3, 0.4) is 0 Å². The molecule has 1 aromatic heterocycles. The fraction of sp³-hybridized carbons (Fsp3) is 0.417. The van der Waals surface area contributed by atoms with Crippen molar-refractivity contribution in [2.45, 2.75) is 18.9 Å². The van der Waals surface area contributed by atoms with Crippen molar-refractivity contribution in [2.24, 2.45) is 0 Å². The van der Waals surface area contributed by atoms with Crippen molar-refractivity contribution in [3.05, 3.63) is 28.9 Å². The zero-order valence-electron chi connectivity index (χ0n) is 9.30. The molecule has 0 aliphatic carbocycles. The fourth-order valence-electron chi connectivity index (χ4n) is 2.33. The molecule has 1 aliphatic rings. The molecule has 0 spiro atoms. The minimum absolute atomic E-state index is 0.402. The molecular formula is C12H13BrN2OS. The van der Waals surface area contributed by atoms with Gasteiger partial charge in [-0.3, -0.25) is 8.89 Å². The van der Waals surface area contributed by atoms with Crippen LogP contribution < -0.4 is 0 Å². The van der Waals surface area contributed by atoms with E-state index in [0.717, 1.165) is 34.3 Å². The summed E-state index contributed by atoms with van der Waals surface area (Å²) in [5.41, 5.74) is 1.16. The summed E-state index contributed by atoms with van der Waals surface area (Å²) in [5.74, 6) is 1.61. The Labute approximate surface area is 111 Å². The van der Waals surface area contributed by atoms with E-state index in [-0.39, 0.29) is 0 Å². The molecule has 90 valence electrons. The van der Waals surface area contributed by atoms with Crippen LogP contribution in [0, 0.1) is 0 Å². The predicted octanol–water partition coefficient (Wildman–Crippen LogP) is 2.88. The zero-order chi connectivity index (χ0) is 11.8. The lowest BCUT2D eigenvalue weighted by Gasteiger charge is -2.22. The van der Waals surface area contributed by atoms with Crippen LogP contribution in [0.4, 0.5) is 0 Å². The van der Waals surface area contributed by atoms with Crippen molar-refractivity contribution >= 4 is 37.6 Å². The quantitative estimate of drug-likeness (QED) is 0.811. The Balaban J connectivity index is 1.99. The molecule has 3 rings (SSSR count). The summed E-state index contributed by atoms with van der Waals surface area (Å²) in [4.78, 5) is 0. The van der Waals surface area contributed by atoms with Crippen molar-refractivity contribution < 1.29 is 4.21 Å². The molecule has 2 aromatic rings. The highest BCUT2D eigenvalue weighted by molar-refractivity contribution is 9.10.